The highest BCUT2D eigenvalue weighted by atomic mass is 15.0. The molecule has 1 aliphatic rings. The minimum absolute atomic E-state index is 0.644. The van der Waals surface area contributed by atoms with Crippen molar-refractivity contribution in [1.29, 1.82) is 0 Å². The van der Waals surface area contributed by atoms with Crippen LogP contribution in [0.5, 0.6) is 0 Å². The van der Waals surface area contributed by atoms with Gasteiger partial charge in [-0.1, -0.05) is 188 Å². The quantitative estimate of drug-likeness (QED) is 0.172. The maximum atomic E-state index is 4.96. The normalized spacial score (nSPS) is 11.6. The fraction of sp³-hybridized carbons (Fsp3) is 0. The molecule has 0 saturated heterocycles. The van der Waals surface area contributed by atoms with Gasteiger partial charge in [-0.15, -0.1) is 0 Å². The Labute approximate surface area is 325 Å². The summed E-state index contributed by atoms with van der Waals surface area (Å²) in [5.74, 6) is 1.95. The maximum absolute atomic E-state index is 4.96. The minimum Gasteiger partial charge on any atom is -0.208 e. The lowest BCUT2D eigenvalue weighted by atomic mass is 9.89. The van der Waals surface area contributed by atoms with Crippen LogP contribution in [0.15, 0.2) is 200 Å². The highest BCUT2D eigenvalue weighted by Gasteiger charge is 2.22. The van der Waals surface area contributed by atoms with E-state index in [1.807, 2.05) is 60.7 Å². The standard InChI is InChI=1S/C53H33N3/c1-3-12-37(13-4-1)51-54-52(38-14-5-2-6-15-38)56-53(55-51)39-28-26-36(27-29-39)49-33-41-17-8-7-16-40(41)32-48(49)35-24-22-34(23-25-35)42-30-31-47-44-19-10-9-18-43(44)46-21-11-20-45(42)50(46)47/h1-33H. The predicted molar refractivity (Wildman–Crippen MR) is 232 cm³/mol. The van der Waals surface area contributed by atoms with E-state index in [2.05, 4.69) is 140 Å². The molecule has 1 aromatic heterocycles. The summed E-state index contributed by atoms with van der Waals surface area (Å²) in [6.07, 6.45) is 0. The molecule has 1 aliphatic carbocycles. The molecule has 0 spiro atoms. The molecule has 0 aliphatic heterocycles. The van der Waals surface area contributed by atoms with Gasteiger partial charge in [0, 0.05) is 16.7 Å². The second kappa shape index (κ2) is 13.1. The summed E-state index contributed by atoms with van der Waals surface area (Å²) in [4.78, 5) is 14.8. The zero-order valence-electron chi connectivity index (χ0n) is 30.4. The molecule has 0 bridgehead atoms. The minimum atomic E-state index is 0.644. The molecule has 0 unspecified atom stereocenters. The summed E-state index contributed by atoms with van der Waals surface area (Å²) in [6.45, 7) is 0. The lowest BCUT2D eigenvalue weighted by Gasteiger charge is -2.15. The van der Waals surface area contributed by atoms with Crippen molar-refractivity contribution in [3.05, 3.63) is 200 Å². The van der Waals surface area contributed by atoms with E-state index in [9.17, 15) is 0 Å². The maximum Gasteiger partial charge on any atom is 0.164 e. The van der Waals surface area contributed by atoms with Crippen LogP contribution < -0.4 is 0 Å². The summed E-state index contributed by atoms with van der Waals surface area (Å²) in [5, 5.41) is 5.06. The van der Waals surface area contributed by atoms with Gasteiger partial charge in [0.1, 0.15) is 0 Å². The first-order valence-electron chi connectivity index (χ1n) is 19.0. The van der Waals surface area contributed by atoms with Crippen LogP contribution >= 0.6 is 0 Å². The van der Waals surface area contributed by atoms with Crippen molar-refractivity contribution < 1.29 is 0 Å². The van der Waals surface area contributed by atoms with E-state index in [-0.39, 0.29) is 0 Å². The first-order chi connectivity index (χ1) is 27.7. The van der Waals surface area contributed by atoms with Crippen LogP contribution in [-0.2, 0) is 0 Å². The van der Waals surface area contributed by atoms with Gasteiger partial charge in [-0.05, 0) is 89.3 Å². The highest BCUT2D eigenvalue weighted by Crippen LogP contribution is 2.49. The van der Waals surface area contributed by atoms with Gasteiger partial charge in [0.25, 0.3) is 0 Å². The Morgan fingerprint density at radius 2 is 0.607 bits per heavy atom. The molecule has 0 radical (unpaired) electrons. The van der Waals surface area contributed by atoms with Crippen molar-refractivity contribution in [1.82, 2.24) is 15.0 Å². The second-order valence-corrected chi connectivity index (χ2v) is 14.4. The Morgan fingerprint density at radius 1 is 0.232 bits per heavy atom. The van der Waals surface area contributed by atoms with Gasteiger partial charge in [-0.2, -0.15) is 0 Å². The Kier molecular flexibility index (Phi) is 7.49. The van der Waals surface area contributed by atoms with Crippen LogP contribution in [-0.4, -0.2) is 15.0 Å². The van der Waals surface area contributed by atoms with Gasteiger partial charge in [0.05, 0.1) is 0 Å². The summed E-state index contributed by atoms with van der Waals surface area (Å²) >= 11 is 0. The number of nitrogens with zero attached hydrogens (tertiary/aromatic N) is 3. The average molecular weight is 712 g/mol. The number of benzene rings is 9. The molecular formula is C53H33N3. The van der Waals surface area contributed by atoms with Crippen molar-refractivity contribution >= 4 is 21.5 Å². The molecular weight excluding hydrogens is 679 g/mol. The number of hydrogen-bond donors (Lipinski definition) is 0. The first-order valence-corrected chi connectivity index (χ1v) is 19.0. The van der Waals surface area contributed by atoms with Crippen LogP contribution in [0.1, 0.15) is 0 Å². The SMILES string of the molecule is c1ccc(-c2nc(-c3ccccc3)nc(-c3ccc(-c4cc5ccccc5cc4-c4ccc(-c5ccc6c7c(cccc57)-c5ccccc5-6)cc4)cc3)n2)cc1. The zero-order chi connectivity index (χ0) is 37.0. The zero-order valence-corrected chi connectivity index (χ0v) is 30.4. The molecule has 3 nitrogen and oxygen atoms in total. The molecule has 3 heteroatoms. The van der Waals surface area contributed by atoms with Crippen LogP contribution in [0.4, 0.5) is 0 Å². The Morgan fingerprint density at radius 3 is 1.12 bits per heavy atom. The molecule has 0 N–H and O–H groups in total. The van der Waals surface area contributed by atoms with Crippen molar-refractivity contribution in [3.8, 4) is 89.8 Å². The van der Waals surface area contributed by atoms with Crippen molar-refractivity contribution in [2.24, 2.45) is 0 Å². The summed E-state index contributed by atoms with van der Waals surface area (Å²) in [7, 11) is 0. The largest absolute Gasteiger partial charge is 0.208 e. The third-order valence-electron chi connectivity index (χ3n) is 11.1. The van der Waals surface area contributed by atoms with Crippen LogP contribution in [0.25, 0.3) is 111 Å². The lowest BCUT2D eigenvalue weighted by molar-refractivity contribution is 1.07. The average Bonchev–Trinajstić information content (AvgIpc) is 3.61. The summed E-state index contributed by atoms with van der Waals surface area (Å²) in [6, 6.07) is 71.3. The van der Waals surface area contributed by atoms with Gasteiger partial charge in [0.15, 0.2) is 17.5 Å². The Hall–Kier alpha value is -7.49. The lowest BCUT2D eigenvalue weighted by Crippen LogP contribution is -2.00. The van der Waals surface area contributed by atoms with E-state index in [1.165, 1.54) is 71.6 Å². The first kappa shape index (κ1) is 32.0. The molecule has 9 aromatic carbocycles. The number of aromatic nitrogens is 3. The topological polar surface area (TPSA) is 38.7 Å². The number of fused-ring (bicyclic) bond motifs is 4. The summed E-state index contributed by atoms with van der Waals surface area (Å²) < 4.78 is 0. The fourth-order valence-corrected chi connectivity index (χ4v) is 8.34. The summed E-state index contributed by atoms with van der Waals surface area (Å²) in [5.41, 5.74) is 15.3. The number of rotatable bonds is 6. The smallest absolute Gasteiger partial charge is 0.164 e. The molecule has 0 saturated carbocycles. The van der Waals surface area contributed by atoms with Gasteiger partial charge in [0.2, 0.25) is 0 Å². The van der Waals surface area contributed by atoms with Crippen molar-refractivity contribution in [2.45, 2.75) is 0 Å². The molecule has 0 amide bonds. The Bertz CT molecular complexity index is 3010. The Balaban J connectivity index is 0.985. The van der Waals surface area contributed by atoms with Crippen molar-refractivity contribution in [2.75, 3.05) is 0 Å². The predicted octanol–water partition coefficient (Wildman–Crippen LogP) is 13.8. The molecule has 11 rings (SSSR count). The third kappa shape index (κ3) is 5.40. The molecule has 10 aromatic rings. The van der Waals surface area contributed by atoms with E-state index >= 15 is 0 Å². The van der Waals surface area contributed by atoms with Crippen LogP contribution in [0, 0.1) is 0 Å². The molecule has 0 fully saturated rings. The molecule has 1 heterocycles. The van der Waals surface area contributed by atoms with Gasteiger partial charge < -0.3 is 0 Å². The van der Waals surface area contributed by atoms with E-state index in [4.69, 9.17) is 15.0 Å². The highest BCUT2D eigenvalue weighted by molar-refractivity contribution is 6.18. The van der Waals surface area contributed by atoms with E-state index in [0.29, 0.717) is 17.5 Å². The van der Waals surface area contributed by atoms with Crippen LogP contribution in [0.3, 0.4) is 0 Å². The van der Waals surface area contributed by atoms with E-state index in [1.54, 1.807) is 0 Å². The van der Waals surface area contributed by atoms with E-state index < -0.39 is 0 Å². The second-order valence-electron chi connectivity index (χ2n) is 14.4. The molecule has 56 heavy (non-hydrogen) atoms. The van der Waals surface area contributed by atoms with Gasteiger partial charge >= 0.3 is 0 Å². The van der Waals surface area contributed by atoms with E-state index in [0.717, 1.165) is 22.3 Å². The molecule has 0 atom stereocenters. The van der Waals surface area contributed by atoms with Crippen molar-refractivity contribution in [3.63, 3.8) is 0 Å². The monoisotopic (exact) mass is 711 g/mol. The number of hydrogen-bond acceptors (Lipinski definition) is 3. The van der Waals surface area contributed by atoms with Gasteiger partial charge in [-0.3, -0.25) is 0 Å². The molecule has 260 valence electrons. The fourth-order valence-electron chi connectivity index (χ4n) is 8.34. The third-order valence-corrected chi connectivity index (χ3v) is 11.1. The van der Waals surface area contributed by atoms with Gasteiger partial charge in [-0.25, -0.2) is 15.0 Å². The van der Waals surface area contributed by atoms with Crippen LogP contribution in [0.2, 0.25) is 0 Å².